The zero-order chi connectivity index (χ0) is 10.4. The number of rotatable bonds is 0. The topological polar surface area (TPSA) is 36.9 Å². The van der Waals surface area contributed by atoms with E-state index in [1.54, 1.807) is 0 Å². The molecule has 0 aromatic rings. The maximum Gasteiger partial charge on any atom is 0.0637 e. The minimum Gasteiger partial charge on any atom is -0.381 e. The molecule has 4 heteroatoms. The third-order valence-electron chi connectivity index (χ3n) is 2.79. The molecule has 2 fully saturated rings. The van der Waals surface area contributed by atoms with Gasteiger partial charge in [0.2, 0.25) is 0 Å². The second-order valence-corrected chi connectivity index (χ2v) is 4.42. The number of hydrogen-bond donors (Lipinski definition) is 0. The lowest BCUT2D eigenvalue weighted by Gasteiger charge is -2.40. The molecular formula is C11H20O4. The first-order valence-corrected chi connectivity index (χ1v) is 5.72. The van der Waals surface area contributed by atoms with E-state index in [-0.39, 0.29) is 5.41 Å². The summed E-state index contributed by atoms with van der Waals surface area (Å²) >= 11 is 0. The van der Waals surface area contributed by atoms with E-state index in [0.29, 0.717) is 0 Å². The fourth-order valence-electron chi connectivity index (χ4n) is 1.80. The van der Waals surface area contributed by atoms with Crippen LogP contribution in [0.5, 0.6) is 0 Å². The van der Waals surface area contributed by atoms with Gasteiger partial charge < -0.3 is 18.9 Å². The van der Waals surface area contributed by atoms with Crippen LogP contribution in [0.1, 0.15) is 12.8 Å². The first-order chi connectivity index (χ1) is 7.41. The van der Waals surface area contributed by atoms with E-state index < -0.39 is 0 Å². The molecule has 2 saturated heterocycles. The second kappa shape index (κ2) is 5.80. The summed E-state index contributed by atoms with van der Waals surface area (Å²) in [5.74, 6) is 0. The highest BCUT2D eigenvalue weighted by Crippen LogP contribution is 2.28. The Labute approximate surface area is 90.8 Å². The molecular weight excluding hydrogens is 196 g/mol. The molecule has 0 amide bonds. The molecule has 0 aromatic heterocycles. The van der Waals surface area contributed by atoms with Crippen LogP contribution in [0.2, 0.25) is 0 Å². The van der Waals surface area contributed by atoms with Crippen molar-refractivity contribution >= 4 is 0 Å². The van der Waals surface area contributed by atoms with Crippen LogP contribution in [0.15, 0.2) is 0 Å². The predicted octanol–water partition coefficient (Wildman–Crippen LogP) is 0.847. The SMILES string of the molecule is C1COCCCOCC2(COC1)COC2. The maximum atomic E-state index is 5.62. The maximum absolute atomic E-state index is 5.62. The minimum atomic E-state index is 0.139. The van der Waals surface area contributed by atoms with Crippen molar-refractivity contribution in [1.82, 2.24) is 0 Å². The summed E-state index contributed by atoms with van der Waals surface area (Å²) in [4.78, 5) is 0. The normalized spacial score (nSPS) is 28.8. The molecule has 2 aliphatic rings. The van der Waals surface area contributed by atoms with Gasteiger partial charge in [0, 0.05) is 26.4 Å². The Hall–Kier alpha value is -0.160. The average Bonchev–Trinajstić information content (AvgIpc) is 2.16. The summed E-state index contributed by atoms with van der Waals surface area (Å²) in [5, 5.41) is 0. The average molecular weight is 216 g/mol. The molecule has 0 unspecified atom stereocenters. The van der Waals surface area contributed by atoms with E-state index in [1.165, 1.54) is 0 Å². The van der Waals surface area contributed by atoms with Gasteiger partial charge in [-0.2, -0.15) is 0 Å². The van der Waals surface area contributed by atoms with Crippen LogP contribution >= 0.6 is 0 Å². The molecule has 2 aliphatic heterocycles. The molecule has 0 saturated carbocycles. The van der Waals surface area contributed by atoms with Crippen molar-refractivity contribution in [1.29, 1.82) is 0 Å². The number of ether oxygens (including phenoxy) is 4. The summed E-state index contributed by atoms with van der Waals surface area (Å²) in [7, 11) is 0. The fourth-order valence-corrected chi connectivity index (χ4v) is 1.80. The van der Waals surface area contributed by atoms with Crippen LogP contribution in [0.3, 0.4) is 0 Å². The summed E-state index contributed by atoms with van der Waals surface area (Å²) in [6, 6.07) is 0. The standard InChI is InChI=1S/C11H20O4/c1-3-12-4-2-6-14-8-11(7-13-5-1)9-15-10-11/h1-10H2. The highest BCUT2D eigenvalue weighted by Gasteiger charge is 2.39. The number of hydrogen-bond acceptors (Lipinski definition) is 4. The second-order valence-electron chi connectivity index (χ2n) is 4.42. The monoisotopic (exact) mass is 216 g/mol. The van der Waals surface area contributed by atoms with E-state index in [0.717, 1.165) is 65.7 Å². The third-order valence-corrected chi connectivity index (χ3v) is 2.79. The molecule has 0 atom stereocenters. The van der Waals surface area contributed by atoms with Crippen molar-refractivity contribution in [3.8, 4) is 0 Å². The van der Waals surface area contributed by atoms with Crippen LogP contribution in [0.4, 0.5) is 0 Å². The van der Waals surface area contributed by atoms with Gasteiger partial charge in [-0.05, 0) is 12.8 Å². The van der Waals surface area contributed by atoms with Gasteiger partial charge in [0.25, 0.3) is 0 Å². The van der Waals surface area contributed by atoms with Gasteiger partial charge in [-0.15, -0.1) is 0 Å². The van der Waals surface area contributed by atoms with Gasteiger partial charge in [-0.25, -0.2) is 0 Å². The lowest BCUT2D eigenvalue weighted by Crippen LogP contribution is -2.50. The van der Waals surface area contributed by atoms with E-state index in [1.807, 2.05) is 0 Å². The predicted molar refractivity (Wildman–Crippen MR) is 54.9 cm³/mol. The van der Waals surface area contributed by atoms with Crippen LogP contribution in [0, 0.1) is 5.41 Å². The van der Waals surface area contributed by atoms with Gasteiger partial charge in [0.1, 0.15) is 0 Å². The molecule has 88 valence electrons. The Morgan fingerprint density at radius 2 is 1.00 bits per heavy atom. The van der Waals surface area contributed by atoms with Crippen molar-refractivity contribution in [2.24, 2.45) is 5.41 Å². The molecule has 4 nitrogen and oxygen atoms in total. The van der Waals surface area contributed by atoms with Crippen molar-refractivity contribution in [3.05, 3.63) is 0 Å². The Kier molecular flexibility index (Phi) is 4.38. The zero-order valence-electron chi connectivity index (χ0n) is 9.20. The summed E-state index contributed by atoms with van der Waals surface area (Å²) < 4.78 is 21.9. The molecule has 0 radical (unpaired) electrons. The largest absolute Gasteiger partial charge is 0.381 e. The molecule has 0 aromatic carbocycles. The fraction of sp³-hybridized carbons (Fsp3) is 1.00. The van der Waals surface area contributed by atoms with Crippen molar-refractivity contribution in [2.45, 2.75) is 12.8 Å². The Morgan fingerprint density at radius 1 is 0.533 bits per heavy atom. The molecule has 0 bridgehead atoms. The zero-order valence-corrected chi connectivity index (χ0v) is 9.20. The van der Waals surface area contributed by atoms with Gasteiger partial charge >= 0.3 is 0 Å². The smallest absolute Gasteiger partial charge is 0.0637 e. The van der Waals surface area contributed by atoms with Crippen LogP contribution < -0.4 is 0 Å². The van der Waals surface area contributed by atoms with Gasteiger partial charge in [-0.3, -0.25) is 0 Å². The third kappa shape index (κ3) is 3.41. The molecule has 2 rings (SSSR count). The van der Waals surface area contributed by atoms with E-state index in [4.69, 9.17) is 18.9 Å². The van der Waals surface area contributed by atoms with Crippen LogP contribution in [-0.2, 0) is 18.9 Å². The first-order valence-electron chi connectivity index (χ1n) is 5.72. The van der Waals surface area contributed by atoms with Crippen molar-refractivity contribution < 1.29 is 18.9 Å². The van der Waals surface area contributed by atoms with Crippen molar-refractivity contribution in [2.75, 3.05) is 52.9 Å². The summed E-state index contributed by atoms with van der Waals surface area (Å²) in [5.41, 5.74) is 0.139. The first kappa shape index (κ1) is 11.3. The van der Waals surface area contributed by atoms with E-state index in [9.17, 15) is 0 Å². The van der Waals surface area contributed by atoms with Gasteiger partial charge in [0.15, 0.2) is 0 Å². The van der Waals surface area contributed by atoms with Crippen LogP contribution in [-0.4, -0.2) is 52.9 Å². The Bertz CT molecular complexity index is 165. The molecule has 1 spiro atoms. The lowest BCUT2D eigenvalue weighted by atomic mass is 9.88. The van der Waals surface area contributed by atoms with Gasteiger partial charge in [-0.1, -0.05) is 0 Å². The lowest BCUT2D eigenvalue weighted by molar-refractivity contribution is -0.179. The summed E-state index contributed by atoms with van der Waals surface area (Å²) in [6.07, 6.45) is 1.97. The van der Waals surface area contributed by atoms with Gasteiger partial charge in [0.05, 0.1) is 31.8 Å². The quantitative estimate of drug-likeness (QED) is 0.601. The summed E-state index contributed by atoms with van der Waals surface area (Å²) in [6.45, 7) is 6.23. The highest BCUT2D eigenvalue weighted by molar-refractivity contribution is 4.85. The van der Waals surface area contributed by atoms with E-state index >= 15 is 0 Å². The van der Waals surface area contributed by atoms with Crippen LogP contribution in [0.25, 0.3) is 0 Å². The van der Waals surface area contributed by atoms with Crippen molar-refractivity contribution in [3.63, 3.8) is 0 Å². The van der Waals surface area contributed by atoms with E-state index in [2.05, 4.69) is 0 Å². The molecule has 0 N–H and O–H groups in total. The molecule has 2 heterocycles. The molecule has 15 heavy (non-hydrogen) atoms. The Morgan fingerprint density at radius 3 is 1.47 bits per heavy atom. The minimum absolute atomic E-state index is 0.139. The molecule has 0 aliphatic carbocycles. The highest BCUT2D eigenvalue weighted by atomic mass is 16.5. The Balaban J connectivity index is 1.75.